The molecule has 1 rings (SSSR count). The highest BCUT2D eigenvalue weighted by Gasteiger charge is 2.18. The molecule has 0 unspecified atom stereocenters. The van der Waals surface area contributed by atoms with E-state index in [2.05, 4.69) is 26.0 Å². The molecule has 0 aromatic carbocycles. The third-order valence-corrected chi connectivity index (χ3v) is 6.19. The predicted molar refractivity (Wildman–Crippen MR) is 75.2 cm³/mol. The summed E-state index contributed by atoms with van der Waals surface area (Å²) in [5.41, 5.74) is 0.879. The molecule has 5 nitrogen and oxygen atoms in total. The summed E-state index contributed by atoms with van der Waals surface area (Å²) >= 11 is 4.44. The molecule has 0 radical (unpaired) electrons. The highest BCUT2D eigenvalue weighted by molar-refractivity contribution is 9.11. The Morgan fingerprint density at radius 2 is 2.17 bits per heavy atom. The molecule has 18 heavy (non-hydrogen) atoms. The Kier molecular flexibility index (Phi) is 5.77. The number of carbonyl (C=O) groups is 1. The van der Waals surface area contributed by atoms with Crippen LogP contribution in [0.3, 0.4) is 0 Å². The number of sulfonamides is 1. The van der Waals surface area contributed by atoms with Crippen LogP contribution < -0.4 is 10.0 Å². The first kappa shape index (κ1) is 15.6. The van der Waals surface area contributed by atoms with Crippen LogP contribution in [0, 0.1) is 6.92 Å². The van der Waals surface area contributed by atoms with Crippen molar-refractivity contribution >= 4 is 43.2 Å². The molecule has 1 aromatic rings. The summed E-state index contributed by atoms with van der Waals surface area (Å²) < 4.78 is 27.2. The monoisotopic (exact) mass is 354 g/mol. The summed E-state index contributed by atoms with van der Waals surface area (Å²) in [6, 6.07) is 1.60. The number of halogens is 1. The fraction of sp³-hybridized carbons (Fsp3) is 0.500. The molecule has 1 heterocycles. The van der Waals surface area contributed by atoms with Crippen LogP contribution in [0.4, 0.5) is 0 Å². The van der Waals surface area contributed by atoms with Gasteiger partial charge in [0.1, 0.15) is 4.21 Å². The third-order valence-electron chi connectivity index (χ3n) is 2.12. The molecule has 8 heteroatoms. The second-order valence-corrected chi connectivity index (χ2v) is 7.99. The van der Waals surface area contributed by atoms with Gasteiger partial charge in [0.25, 0.3) is 0 Å². The van der Waals surface area contributed by atoms with Crippen LogP contribution in [-0.4, -0.2) is 27.4 Å². The van der Waals surface area contributed by atoms with E-state index in [-0.39, 0.29) is 23.1 Å². The molecular weight excluding hydrogens is 340 g/mol. The van der Waals surface area contributed by atoms with Crippen molar-refractivity contribution in [2.75, 3.05) is 13.1 Å². The van der Waals surface area contributed by atoms with E-state index in [4.69, 9.17) is 0 Å². The van der Waals surface area contributed by atoms with Crippen molar-refractivity contribution in [2.45, 2.75) is 24.5 Å². The molecule has 0 atom stereocenters. The molecule has 102 valence electrons. The minimum Gasteiger partial charge on any atom is -0.356 e. The number of aryl methyl sites for hydroxylation is 1. The van der Waals surface area contributed by atoms with E-state index >= 15 is 0 Å². The lowest BCUT2D eigenvalue weighted by Crippen LogP contribution is -2.30. The van der Waals surface area contributed by atoms with Crippen LogP contribution in [0.5, 0.6) is 0 Å². The van der Waals surface area contributed by atoms with Crippen LogP contribution in [0.2, 0.25) is 0 Å². The summed E-state index contributed by atoms with van der Waals surface area (Å²) in [5, 5.41) is 2.61. The van der Waals surface area contributed by atoms with Gasteiger partial charge >= 0.3 is 0 Å². The highest BCUT2D eigenvalue weighted by Crippen LogP contribution is 2.30. The molecule has 0 aliphatic rings. The van der Waals surface area contributed by atoms with Crippen LogP contribution in [0.1, 0.15) is 18.9 Å². The Hall–Kier alpha value is -0.440. The number of thiophene rings is 1. The molecule has 2 N–H and O–H groups in total. The van der Waals surface area contributed by atoms with Gasteiger partial charge in [0, 0.05) is 19.5 Å². The molecule has 1 aromatic heterocycles. The van der Waals surface area contributed by atoms with Crippen LogP contribution in [0.25, 0.3) is 0 Å². The van der Waals surface area contributed by atoms with Crippen molar-refractivity contribution in [1.82, 2.24) is 10.0 Å². The fourth-order valence-electron chi connectivity index (χ4n) is 1.22. The van der Waals surface area contributed by atoms with Crippen LogP contribution in [-0.2, 0) is 14.8 Å². The van der Waals surface area contributed by atoms with Crippen molar-refractivity contribution < 1.29 is 13.2 Å². The van der Waals surface area contributed by atoms with Crippen LogP contribution in [0.15, 0.2) is 14.1 Å². The molecule has 0 saturated carbocycles. The van der Waals surface area contributed by atoms with Crippen molar-refractivity contribution in [2.24, 2.45) is 0 Å². The van der Waals surface area contributed by atoms with Crippen LogP contribution >= 0.6 is 27.3 Å². The number of carbonyl (C=O) groups excluding carboxylic acids is 1. The molecule has 0 aliphatic carbocycles. The summed E-state index contributed by atoms with van der Waals surface area (Å²) in [6.45, 7) is 4.29. The lowest BCUT2D eigenvalue weighted by Gasteiger charge is -2.04. The van der Waals surface area contributed by atoms with E-state index in [1.54, 1.807) is 6.07 Å². The molecule has 0 fully saturated rings. The molecule has 0 bridgehead atoms. The maximum atomic E-state index is 11.9. The number of rotatable bonds is 6. The van der Waals surface area contributed by atoms with Gasteiger partial charge in [0.2, 0.25) is 15.9 Å². The number of nitrogens with one attached hydrogen (secondary N) is 2. The SMILES string of the molecule is CCNC(=O)CCNS(=O)(=O)c1cc(C)c(Br)s1. The van der Waals surface area contributed by atoms with Gasteiger partial charge in [0.15, 0.2) is 0 Å². The summed E-state index contributed by atoms with van der Waals surface area (Å²) in [7, 11) is -3.51. The molecular formula is C10H15BrN2O3S2. The Morgan fingerprint density at radius 1 is 1.50 bits per heavy atom. The minimum absolute atomic E-state index is 0.0999. The maximum Gasteiger partial charge on any atom is 0.250 e. The zero-order valence-corrected chi connectivity index (χ0v) is 13.3. The van der Waals surface area contributed by atoms with Gasteiger partial charge in [-0.2, -0.15) is 0 Å². The van der Waals surface area contributed by atoms with Crippen molar-refractivity contribution in [3.8, 4) is 0 Å². The smallest absolute Gasteiger partial charge is 0.250 e. The van der Waals surface area contributed by atoms with Gasteiger partial charge in [-0.05, 0) is 41.4 Å². The Morgan fingerprint density at radius 3 is 2.67 bits per heavy atom. The van der Waals surface area contributed by atoms with E-state index in [0.717, 1.165) is 20.7 Å². The van der Waals surface area contributed by atoms with E-state index in [9.17, 15) is 13.2 Å². The second-order valence-electron chi connectivity index (χ2n) is 3.62. The van der Waals surface area contributed by atoms with Gasteiger partial charge in [-0.1, -0.05) is 0 Å². The first-order valence-corrected chi connectivity index (χ1v) is 8.48. The number of hydrogen-bond acceptors (Lipinski definition) is 4. The molecule has 0 aliphatic heterocycles. The van der Waals surface area contributed by atoms with Gasteiger partial charge in [-0.3, -0.25) is 4.79 Å². The number of hydrogen-bond donors (Lipinski definition) is 2. The Bertz CT molecular complexity index is 506. The lowest BCUT2D eigenvalue weighted by atomic mass is 10.4. The summed E-state index contributed by atoms with van der Waals surface area (Å²) in [6.07, 6.45) is 0.137. The molecule has 0 spiro atoms. The number of amides is 1. The zero-order valence-electron chi connectivity index (χ0n) is 10.1. The van der Waals surface area contributed by atoms with E-state index in [1.807, 2.05) is 13.8 Å². The topological polar surface area (TPSA) is 75.3 Å². The molecule has 0 saturated heterocycles. The first-order chi connectivity index (χ1) is 8.36. The second kappa shape index (κ2) is 6.65. The zero-order chi connectivity index (χ0) is 13.8. The minimum atomic E-state index is -3.51. The quantitative estimate of drug-likeness (QED) is 0.814. The van der Waals surface area contributed by atoms with E-state index in [1.165, 1.54) is 0 Å². The largest absolute Gasteiger partial charge is 0.356 e. The normalized spacial score (nSPS) is 11.5. The predicted octanol–water partition coefficient (Wildman–Crippen LogP) is 1.62. The van der Waals surface area contributed by atoms with Gasteiger partial charge in [-0.25, -0.2) is 13.1 Å². The Balaban J connectivity index is 2.58. The summed E-state index contributed by atoms with van der Waals surface area (Å²) in [4.78, 5) is 11.2. The first-order valence-electron chi connectivity index (χ1n) is 5.39. The standard InChI is InChI=1S/C10H15BrN2O3S2/c1-3-12-8(14)4-5-13-18(15,16)9-6-7(2)10(11)17-9/h6,13H,3-5H2,1-2H3,(H,12,14). The summed E-state index contributed by atoms with van der Waals surface area (Å²) in [5.74, 6) is -0.163. The van der Waals surface area contributed by atoms with Crippen molar-refractivity contribution in [3.05, 3.63) is 15.4 Å². The molecule has 1 amide bonds. The van der Waals surface area contributed by atoms with Gasteiger partial charge in [0.05, 0.1) is 3.79 Å². The van der Waals surface area contributed by atoms with Gasteiger partial charge < -0.3 is 5.32 Å². The average molecular weight is 355 g/mol. The van der Waals surface area contributed by atoms with Gasteiger partial charge in [-0.15, -0.1) is 11.3 Å². The lowest BCUT2D eigenvalue weighted by molar-refractivity contribution is -0.120. The van der Waals surface area contributed by atoms with E-state index < -0.39 is 10.0 Å². The fourth-order valence-corrected chi connectivity index (χ4v) is 4.52. The van der Waals surface area contributed by atoms with Crippen molar-refractivity contribution in [3.63, 3.8) is 0 Å². The van der Waals surface area contributed by atoms with E-state index in [0.29, 0.717) is 6.54 Å². The Labute approximate surface area is 119 Å². The van der Waals surface area contributed by atoms with Crippen molar-refractivity contribution in [1.29, 1.82) is 0 Å². The average Bonchev–Trinajstić information content (AvgIpc) is 2.60. The maximum absolute atomic E-state index is 11.9. The highest BCUT2D eigenvalue weighted by atomic mass is 79.9. The third kappa shape index (κ3) is 4.34.